The highest BCUT2D eigenvalue weighted by molar-refractivity contribution is 5.95. The zero-order valence-electron chi connectivity index (χ0n) is 21.2. The third-order valence-corrected chi connectivity index (χ3v) is 6.76. The number of aliphatic carboxylic acids is 1. The Labute approximate surface area is 213 Å². The Kier molecular flexibility index (Phi) is 8.42. The molecule has 3 aromatic rings. The summed E-state index contributed by atoms with van der Waals surface area (Å²) in [5, 5.41) is 8.77. The summed E-state index contributed by atoms with van der Waals surface area (Å²) in [7, 11) is 0. The fourth-order valence-electron chi connectivity index (χ4n) is 4.66. The topological polar surface area (TPSA) is 66.8 Å². The van der Waals surface area contributed by atoms with Crippen molar-refractivity contribution in [3.05, 3.63) is 89.0 Å². The molecular formula is C31H35NO4. The van der Waals surface area contributed by atoms with Crippen LogP contribution in [0.15, 0.2) is 66.7 Å². The number of para-hydroxylation sites is 1. The lowest BCUT2D eigenvalue weighted by Crippen LogP contribution is -2.32. The van der Waals surface area contributed by atoms with Gasteiger partial charge in [0.2, 0.25) is 0 Å². The molecule has 1 N–H and O–H groups in total. The number of hydrogen-bond donors (Lipinski definition) is 1. The summed E-state index contributed by atoms with van der Waals surface area (Å²) >= 11 is 0. The molecule has 0 saturated heterocycles. The normalized spacial score (nSPS) is 12.8. The molecule has 4 rings (SSSR count). The SMILES string of the molecule is Cc1cccc(C)c1-c1ccc(C(=O)N(Cc2ccccc2OCCCCCC(=O)O)C2CC2)cc1. The maximum Gasteiger partial charge on any atom is 0.303 e. The highest BCUT2D eigenvalue weighted by Crippen LogP contribution is 2.33. The van der Waals surface area contributed by atoms with Crippen LogP contribution in [0.3, 0.4) is 0 Å². The van der Waals surface area contributed by atoms with E-state index in [9.17, 15) is 9.59 Å². The van der Waals surface area contributed by atoms with Gasteiger partial charge in [-0.1, -0.05) is 48.5 Å². The van der Waals surface area contributed by atoms with Crippen LogP contribution in [0.4, 0.5) is 0 Å². The van der Waals surface area contributed by atoms with E-state index in [0.29, 0.717) is 25.1 Å². The molecule has 0 unspecified atom stereocenters. The lowest BCUT2D eigenvalue weighted by atomic mass is 9.95. The Morgan fingerprint density at radius 3 is 2.25 bits per heavy atom. The summed E-state index contributed by atoms with van der Waals surface area (Å²) in [4.78, 5) is 26.2. The second-order valence-electron chi connectivity index (χ2n) is 9.67. The minimum atomic E-state index is -0.758. The number of ether oxygens (including phenoxy) is 1. The average molecular weight is 486 g/mol. The molecule has 0 spiro atoms. The molecule has 0 atom stereocenters. The first-order chi connectivity index (χ1) is 17.4. The summed E-state index contributed by atoms with van der Waals surface area (Å²) in [5.41, 5.74) is 6.51. The van der Waals surface area contributed by atoms with Gasteiger partial charge in [-0.25, -0.2) is 0 Å². The second-order valence-corrected chi connectivity index (χ2v) is 9.67. The van der Waals surface area contributed by atoms with E-state index >= 15 is 0 Å². The first-order valence-corrected chi connectivity index (χ1v) is 12.8. The molecule has 188 valence electrons. The van der Waals surface area contributed by atoms with Crippen molar-refractivity contribution in [2.45, 2.75) is 65.0 Å². The van der Waals surface area contributed by atoms with Gasteiger partial charge in [-0.2, -0.15) is 0 Å². The summed E-state index contributed by atoms with van der Waals surface area (Å²) in [6.07, 6.45) is 4.53. The van der Waals surface area contributed by atoms with Gasteiger partial charge in [-0.05, 0) is 86.4 Å². The molecule has 1 aliphatic rings. The Bertz CT molecular complexity index is 1180. The Balaban J connectivity index is 1.43. The first-order valence-electron chi connectivity index (χ1n) is 12.8. The van der Waals surface area contributed by atoms with Crippen LogP contribution in [0, 0.1) is 13.8 Å². The van der Waals surface area contributed by atoms with Gasteiger partial charge in [-0.15, -0.1) is 0 Å². The smallest absolute Gasteiger partial charge is 0.303 e. The number of rotatable bonds is 12. The molecule has 0 aromatic heterocycles. The summed E-state index contributed by atoms with van der Waals surface area (Å²) in [5.74, 6) is 0.0830. The number of unbranched alkanes of at least 4 members (excludes halogenated alkanes) is 2. The molecule has 5 heteroatoms. The van der Waals surface area contributed by atoms with Gasteiger partial charge in [0.1, 0.15) is 5.75 Å². The van der Waals surface area contributed by atoms with E-state index in [-0.39, 0.29) is 18.4 Å². The maximum absolute atomic E-state index is 13.5. The van der Waals surface area contributed by atoms with Crippen molar-refractivity contribution >= 4 is 11.9 Å². The van der Waals surface area contributed by atoms with Gasteiger partial charge in [0.05, 0.1) is 6.61 Å². The lowest BCUT2D eigenvalue weighted by Gasteiger charge is -2.24. The van der Waals surface area contributed by atoms with Gasteiger partial charge >= 0.3 is 5.97 Å². The fourth-order valence-corrected chi connectivity index (χ4v) is 4.66. The van der Waals surface area contributed by atoms with Crippen LogP contribution >= 0.6 is 0 Å². The predicted molar refractivity (Wildman–Crippen MR) is 142 cm³/mol. The highest BCUT2D eigenvalue weighted by Gasteiger charge is 2.33. The van der Waals surface area contributed by atoms with Crippen molar-refractivity contribution in [1.82, 2.24) is 4.90 Å². The predicted octanol–water partition coefficient (Wildman–Crippen LogP) is 6.80. The molecule has 1 saturated carbocycles. The van der Waals surface area contributed by atoms with E-state index in [2.05, 4.69) is 44.2 Å². The van der Waals surface area contributed by atoms with Crippen molar-refractivity contribution in [1.29, 1.82) is 0 Å². The van der Waals surface area contributed by atoms with Crippen molar-refractivity contribution in [2.75, 3.05) is 6.61 Å². The minimum Gasteiger partial charge on any atom is -0.493 e. The van der Waals surface area contributed by atoms with E-state index in [1.54, 1.807) is 0 Å². The highest BCUT2D eigenvalue weighted by atomic mass is 16.5. The third-order valence-electron chi connectivity index (χ3n) is 6.76. The van der Waals surface area contributed by atoms with Crippen LogP contribution in [0.25, 0.3) is 11.1 Å². The van der Waals surface area contributed by atoms with Crippen LogP contribution in [-0.2, 0) is 11.3 Å². The van der Waals surface area contributed by atoms with Crippen molar-refractivity contribution in [2.24, 2.45) is 0 Å². The molecule has 1 aliphatic carbocycles. The number of carboxylic acid groups (broad SMARTS) is 1. The van der Waals surface area contributed by atoms with Crippen LogP contribution in [0.1, 0.15) is 65.6 Å². The molecule has 5 nitrogen and oxygen atoms in total. The molecule has 0 bridgehead atoms. The average Bonchev–Trinajstić information content (AvgIpc) is 3.70. The quantitative estimate of drug-likeness (QED) is 0.287. The minimum absolute atomic E-state index is 0.0500. The standard InChI is InChI=1S/C31H35NO4/c1-22-9-8-10-23(2)30(22)24-14-16-25(17-15-24)31(35)32(27-18-19-27)21-26-11-5-6-12-28(26)36-20-7-3-4-13-29(33)34/h5-6,8-12,14-17,27H,3-4,7,13,18-21H2,1-2H3,(H,33,34). The molecule has 1 amide bonds. The lowest BCUT2D eigenvalue weighted by molar-refractivity contribution is -0.137. The molecule has 0 radical (unpaired) electrons. The van der Waals surface area contributed by atoms with E-state index in [1.165, 1.54) is 16.7 Å². The monoisotopic (exact) mass is 485 g/mol. The molecular weight excluding hydrogens is 450 g/mol. The molecule has 0 heterocycles. The maximum atomic E-state index is 13.5. The van der Waals surface area contributed by atoms with Gasteiger partial charge < -0.3 is 14.7 Å². The van der Waals surface area contributed by atoms with Gasteiger partial charge in [-0.3, -0.25) is 9.59 Å². The Morgan fingerprint density at radius 2 is 1.58 bits per heavy atom. The van der Waals surface area contributed by atoms with E-state index in [4.69, 9.17) is 9.84 Å². The third kappa shape index (κ3) is 6.54. The zero-order valence-corrected chi connectivity index (χ0v) is 21.2. The van der Waals surface area contributed by atoms with E-state index in [1.807, 2.05) is 41.3 Å². The van der Waals surface area contributed by atoms with E-state index in [0.717, 1.165) is 42.6 Å². The Morgan fingerprint density at radius 1 is 0.889 bits per heavy atom. The van der Waals surface area contributed by atoms with Crippen molar-refractivity contribution in [3.8, 4) is 16.9 Å². The summed E-state index contributed by atoms with van der Waals surface area (Å²) in [6, 6.07) is 22.4. The number of amides is 1. The van der Waals surface area contributed by atoms with E-state index < -0.39 is 5.97 Å². The summed E-state index contributed by atoms with van der Waals surface area (Å²) < 4.78 is 6.03. The van der Waals surface area contributed by atoms with Crippen molar-refractivity contribution < 1.29 is 19.4 Å². The summed E-state index contributed by atoms with van der Waals surface area (Å²) in [6.45, 7) is 5.28. The van der Waals surface area contributed by atoms with Gasteiger partial charge in [0.25, 0.3) is 5.91 Å². The molecule has 0 aliphatic heterocycles. The van der Waals surface area contributed by atoms with Gasteiger partial charge in [0, 0.05) is 30.1 Å². The Hall–Kier alpha value is -3.60. The number of carboxylic acids is 1. The largest absolute Gasteiger partial charge is 0.493 e. The van der Waals surface area contributed by atoms with Crippen LogP contribution in [0.2, 0.25) is 0 Å². The van der Waals surface area contributed by atoms with Gasteiger partial charge in [0.15, 0.2) is 0 Å². The van der Waals surface area contributed by atoms with Crippen molar-refractivity contribution in [3.63, 3.8) is 0 Å². The molecule has 1 fully saturated rings. The number of benzene rings is 3. The molecule has 36 heavy (non-hydrogen) atoms. The number of aryl methyl sites for hydroxylation is 2. The number of carbonyl (C=O) groups excluding carboxylic acids is 1. The number of carbonyl (C=O) groups is 2. The van der Waals surface area contributed by atoms with Crippen LogP contribution in [-0.4, -0.2) is 34.5 Å². The number of hydrogen-bond acceptors (Lipinski definition) is 3. The van der Waals surface area contributed by atoms with Crippen LogP contribution in [0.5, 0.6) is 5.75 Å². The zero-order chi connectivity index (χ0) is 25.5. The second kappa shape index (κ2) is 11.9. The fraction of sp³-hybridized carbons (Fsp3) is 0.355. The molecule has 3 aromatic carbocycles. The van der Waals surface area contributed by atoms with Crippen LogP contribution < -0.4 is 4.74 Å². The number of nitrogens with zero attached hydrogens (tertiary/aromatic N) is 1. The first kappa shape index (κ1) is 25.5.